The monoisotopic (exact) mass is 776 g/mol. The number of carbonyl (C=O) groups excluding carboxylic acids is 6. The molecule has 0 saturated heterocycles. The maximum Gasteiger partial charge on any atom is 0.326 e. The van der Waals surface area contributed by atoms with Gasteiger partial charge in [-0.25, -0.2) is 4.79 Å². The van der Waals surface area contributed by atoms with E-state index < -0.39 is 90.3 Å². The van der Waals surface area contributed by atoms with Crippen molar-refractivity contribution in [2.75, 3.05) is 13.2 Å². The number of nitrogens with two attached hydrogens (primary N) is 3. The second-order valence-corrected chi connectivity index (χ2v) is 14.2. The topological polar surface area (TPSA) is 323 Å². The predicted octanol–water partition coefficient (Wildman–Crippen LogP) is -2.27. The molecule has 0 spiro atoms. The van der Waals surface area contributed by atoms with Crippen LogP contribution in [0.5, 0.6) is 0 Å². The molecule has 0 saturated carbocycles. The Morgan fingerprint density at radius 1 is 0.636 bits per heavy atom. The number of rotatable bonds is 24. The van der Waals surface area contributed by atoms with E-state index in [1.165, 1.54) is 13.8 Å². The van der Waals surface area contributed by atoms with Crippen LogP contribution in [0.4, 0.5) is 0 Å². The third kappa shape index (κ3) is 18.5. The van der Waals surface area contributed by atoms with Crippen molar-refractivity contribution in [3.63, 3.8) is 0 Å². The Kier molecular flexibility index (Phi) is 21.0. The van der Waals surface area contributed by atoms with Crippen LogP contribution in [0.25, 0.3) is 0 Å². The summed E-state index contributed by atoms with van der Waals surface area (Å²) in [4.78, 5) is 94.4. The molecule has 0 aliphatic heterocycles. The van der Waals surface area contributed by atoms with Crippen molar-refractivity contribution in [1.29, 1.82) is 0 Å². The lowest BCUT2D eigenvalue weighted by Gasteiger charge is -2.27. The highest BCUT2D eigenvalue weighted by Crippen LogP contribution is 2.09. The van der Waals surface area contributed by atoms with Gasteiger partial charge in [0, 0.05) is 13.0 Å². The first-order valence-corrected chi connectivity index (χ1v) is 18.3. The maximum atomic E-state index is 13.7. The fourth-order valence-corrected chi connectivity index (χ4v) is 5.24. The molecule has 0 aliphatic carbocycles. The van der Waals surface area contributed by atoms with Crippen LogP contribution >= 0.6 is 0 Å². The quantitative estimate of drug-likeness (QED) is 0.0301. The number of hydrogen-bond donors (Lipinski definition) is 11. The normalized spacial score (nSPS) is 14.9. The molecule has 308 valence electrons. The molecule has 0 bridgehead atoms. The van der Waals surface area contributed by atoms with Crippen molar-refractivity contribution in [2.24, 2.45) is 34.0 Å². The lowest BCUT2D eigenvalue weighted by Crippen LogP contribution is -2.59. The molecule has 1 aromatic carbocycles. The van der Waals surface area contributed by atoms with Gasteiger partial charge in [0.15, 0.2) is 5.96 Å². The van der Waals surface area contributed by atoms with Crippen molar-refractivity contribution in [3.8, 4) is 0 Å². The van der Waals surface area contributed by atoms with Crippen molar-refractivity contribution in [3.05, 3.63) is 35.9 Å². The molecule has 1 rings (SSSR count). The summed E-state index contributed by atoms with van der Waals surface area (Å²) in [5, 5.41) is 34.4. The van der Waals surface area contributed by atoms with E-state index in [1.807, 2.05) is 27.7 Å². The second-order valence-electron chi connectivity index (χ2n) is 14.2. The van der Waals surface area contributed by atoms with Crippen LogP contribution in [0.3, 0.4) is 0 Å². The van der Waals surface area contributed by atoms with Gasteiger partial charge in [-0.05, 0) is 56.9 Å². The standard InChI is InChI=1S/C36H60N10O9/c1-19(2)15-24(37)31(50)46-28(18-47)34(53)42-21(5)29(48)43-25(13-10-14-40-36(38)39)32(51)44-26(16-20(3)4)33(52)41-22(6)30(49)45-27(35(54)55)17-23-11-8-7-9-12-23/h7-9,11-12,19-22,24-28,47H,10,13-18,37H2,1-6H3,(H,41,52)(H,42,53)(H,43,48)(H,44,51)(H,45,49)(H,46,50)(H,54,55)(H4,38,39,40)/t21-,22-,24-,25-,26-,27-,28-/m0/s1. The lowest BCUT2D eigenvalue weighted by molar-refractivity contribution is -0.142. The summed E-state index contributed by atoms with van der Waals surface area (Å²) in [5.41, 5.74) is 17.4. The molecule has 0 aliphatic rings. The van der Waals surface area contributed by atoms with Gasteiger partial charge in [0.25, 0.3) is 0 Å². The minimum Gasteiger partial charge on any atom is -0.480 e. The van der Waals surface area contributed by atoms with E-state index in [0.29, 0.717) is 12.0 Å². The molecule has 19 heteroatoms. The number of hydrogen-bond acceptors (Lipinski definition) is 10. The molecule has 55 heavy (non-hydrogen) atoms. The highest BCUT2D eigenvalue weighted by Gasteiger charge is 2.32. The molecule has 19 nitrogen and oxygen atoms in total. The largest absolute Gasteiger partial charge is 0.480 e. The number of nitrogens with zero attached hydrogens (tertiary/aromatic N) is 1. The van der Waals surface area contributed by atoms with Crippen LogP contribution in [-0.2, 0) is 40.0 Å². The number of benzene rings is 1. The van der Waals surface area contributed by atoms with Crippen molar-refractivity contribution in [2.45, 2.75) is 116 Å². The first kappa shape index (κ1) is 47.7. The molecule has 0 radical (unpaired) electrons. The predicted molar refractivity (Wildman–Crippen MR) is 205 cm³/mol. The average Bonchev–Trinajstić information content (AvgIpc) is 3.10. The second kappa shape index (κ2) is 24.2. The molecule has 0 unspecified atom stereocenters. The van der Waals surface area contributed by atoms with Gasteiger partial charge in [0.1, 0.15) is 36.3 Å². The summed E-state index contributed by atoms with van der Waals surface area (Å²) in [5.74, 6) is -6.02. The zero-order valence-corrected chi connectivity index (χ0v) is 32.5. The minimum atomic E-state index is -1.40. The number of nitrogens with one attached hydrogen (secondary N) is 6. The first-order valence-electron chi connectivity index (χ1n) is 18.3. The van der Waals surface area contributed by atoms with Gasteiger partial charge >= 0.3 is 5.97 Å². The zero-order chi connectivity index (χ0) is 41.8. The fourth-order valence-electron chi connectivity index (χ4n) is 5.24. The third-order valence-corrected chi connectivity index (χ3v) is 8.20. The summed E-state index contributed by atoms with van der Waals surface area (Å²) in [6.45, 7) is 9.39. The maximum absolute atomic E-state index is 13.7. The van der Waals surface area contributed by atoms with Gasteiger partial charge < -0.3 is 59.3 Å². The molecule has 0 heterocycles. The Morgan fingerprint density at radius 3 is 1.60 bits per heavy atom. The van der Waals surface area contributed by atoms with Crippen molar-refractivity contribution < 1.29 is 43.8 Å². The minimum absolute atomic E-state index is 0.00486. The van der Waals surface area contributed by atoms with E-state index in [4.69, 9.17) is 17.2 Å². The number of guanidine groups is 1. The summed E-state index contributed by atoms with van der Waals surface area (Å²) in [7, 11) is 0. The number of aliphatic carboxylic acids is 1. The van der Waals surface area contributed by atoms with E-state index >= 15 is 0 Å². The van der Waals surface area contributed by atoms with Gasteiger partial charge in [0.2, 0.25) is 35.4 Å². The average molecular weight is 777 g/mol. The van der Waals surface area contributed by atoms with Crippen LogP contribution in [0.15, 0.2) is 35.3 Å². The third-order valence-electron chi connectivity index (χ3n) is 8.20. The summed E-state index contributed by atoms with van der Waals surface area (Å²) in [6, 6.07) is 0.252. The van der Waals surface area contributed by atoms with Gasteiger partial charge in [-0.1, -0.05) is 58.0 Å². The lowest BCUT2D eigenvalue weighted by atomic mass is 10.0. The highest BCUT2D eigenvalue weighted by molar-refractivity contribution is 5.96. The van der Waals surface area contributed by atoms with E-state index in [-0.39, 0.29) is 50.0 Å². The summed E-state index contributed by atoms with van der Waals surface area (Å²) < 4.78 is 0. The van der Waals surface area contributed by atoms with E-state index in [1.54, 1.807) is 30.3 Å². The number of aliphatic hydroxyl groups excluding tert-OH is 1. The van der Waals surface area contributed by atoms with Crippen molar-refractivity contribution >= 4 is 47.4 Å². The van der Waals surface area contributed by atoms with E-state index in [9.17, 15) is 43.8 Å². The fraction of sp³-hybridized carbons (Fsp3) is 0.611. The molecule has 0 aromatic heterocycles. The Bertz CT molecular complexity index is 1470. The number of carboxylic acids is 1. The van der Waals surface area contributed by atoms with Gasteiger partial charge in [-0.15, -0.1) is 0 Å². The number of amides is 6. The van der Waals surface area contributed by atoms with Crippen LogP contribution in [0.2, 0.25) is 0 Å². The Balaban J connectivity index is 3.07. The van der Waals surface area contributed by atoms with Crippen LogP contribution < -0.4 is 49.1 Å². The smallest absolute Gasteiger partial charge is 0.326 e. The van der Waals surface area contributed by atoms with Crippen LogP contribution in [0, 0.1) is 11.8 Å². The van der Waals surface area contributed by atoms with E-state index in [0.717, 1.165) is 0 Å². The zero-order valence-electron chi connectivity index (χ0n) is 32.5. The Morgan fingerprint density at radius 2 is 1.11 bits per heavy atom. The Labute approximate surface area is 321 Å². The molecular weight excluding hydrogens is 716 g/mol. The molecule has 7 atom stereocenters. The summed E-state index contributed by atoms with van der Waals surface area (Å²) >= 11 is 0. The van der Waals surface area contributed by atoms with Crippen molar-refractivity contribution in [1.82, 2.24) is 31.9 Å². The highest BCUT2D eigenvalue weighted by atomic mass is 16.4. The molecule has 14 N–H and O–H groups in total. The van der Waals surface area contributed by atoms with Crippen LogP contribution in [0.1, 0.15) is 72.8 Å². The van der Waals surface area contributed by atoms with Gasteiger partial charge in [0.05, 0.1) is 12.6 Å². The van der Waals surface area contributed by atoms with Gasteiger partial charge in [-0.3, -0.25) is 33.8 Å². The first-order chi connectivity index (χ1) is 25.7. The molecular formula is C36H60N10O9. The molecule has 0 fully saturated rings. The van der Waals surface area contributed by atoms with Gasteiger partial charge in [-0.2, -0.15) is 0 Å². The summed E-state index contributed by atoms with van der Waals surface area (Å²) in [6.07, 6.45) is 0.712. The SMILES string of the molecule is CC(C)C[C@H](NC(=O)[C@H](CCCN=C(N)N)NC(=O)[C@H](C)NC(=O)[C@H](CO)NC(=O)[C@@H](N)CC(C)C)C(=O)N[C@@H](C)C(=O)N[C@@H](Cc1ccccc1)C(=O)O. The van der Waals surface area contributed by atoms with E-state index in [2.05, 4.69) is 36.9 Å². The van der Waals surface area contributed by atoms with Crippen LogP contribution in [-0.4, -0.2) is 113 Å². The molecule has 6 amide bonds. The number of carbonyl (C=O) groups is 7. The molecule has 1 aromatic rings. The Hall–Kier alpha value is -5.30. The number of aliphatic hydroxyl groups is 1. The number of carboxylic acid groups (broad SMARTS) is 1. The number of aliphatic imine (C=N–C) groups is 1.